The lowest BCUT2D eigenvalue weighted by atomic mass is 10.2. The number of rotatable bonds is 3. The molecule has 1 heterocycles. The normalized spacial score (nSPS) is 10.7. The monoisotopic (exact) mass is 278 g/mol. The summed E-state index contributed by atoms with van der Waals surface area (Å²) in [6, 6.07) is 7.12. The Bertz CT molecular complexity index is 634. The number of hydroxylamine groups is 1. The zero-order valence-corrected chi connectivity index (χ0v) is 11.4. The first-order valence-corrected chi connectivity index (χ1v) is 6.62. The van der Waals surface area contributed by atoms with Crippen molar-refractivity contribution in [2.24, 2.45) is 5.92 Å². The Kier molecular flexibility index (Phi) is 3.82. The van der Waals surface area contributed by atoms with Crippen LogP contribution in [0.4, 0.5) is 5.69 Å². The van der Waals surface area contributed by atoms with Crippen LogP contribution in [0.5, 0.6) is 0 Å². The first-order chi connectivity index (χ1) is 9.01. The number of thiophene rings is 1. The number of anilines is 1. The molecule has 2 aromatic rings. The quantitative estimate of drug-likeness (QED) is 0.596. The van der Waals surface area contributed by atoms with Crippen LogP contribution in [0.3, 0.4) is 0 Å². The van der Waals surface area contributed by atoms with Gasteiger partial charge in [-0.3, -0.25) is 14.8 Å². The fourth-order valence-electron chi connectivity index (χ4n) is 1.56. The van der Waals surface area contributed by atoms with Crippen molar-refractivity contribution in [3.8, 4) is 0 Å². The summed E-state index contributed by atoms with van der Waals surface area (Å²) in [5.41, 5.74) is 2.30. The third-order valence-electron chi connectivity index (χ3n) is 2.64. The van der Waals surface area contributed by atoms with Crippen LogP contribution in [0, 0.1) is 5.92 Å². The van der Waals surface area contributed by atoms with Gasteiger partial charge in [0.05, 0.1) is 4.88 Å². The molecule has 3 N–H and O–H groups in total. The largest absolute Gasteiger partial charge is 0.326 e. The summed E-state index contributed by atoms with van der Waals surface area (Å²) < 4.78 is 0.875. The Morgan fingerprint density at radius 2 is 2.00 bits per heavy atom. The Morgan fingerprint density at radius 1 is 1.26 bits per heavy atom. The van der Waals surface area contributed by atoms with Crippen molar-refractivity contribution in [1.29, 1.82) is 0 Å². The number of carbonyl (C=O) groups excluding carboxylic acids is 2. The maximum Gasteiger partial charge on any atom is 0.284 e. The number of benzene rings is 1. The van der Waals surface area contributed by atoms with E-state index in [-0.39, 0.29) is 11.8 Å². The van der Waals surface area contributed by atoms with Gasteiger partial charge < -0.3 is 5.32 Å². The van der Waals surface area contributed by atoms with Crippen molar-refractivity contribution in [1.82, 2.24) is 5.48 Å². The SMILES string of the molecule is CC(C)C(=O)Nc1ccc2cc(C(=O)NO)sc2c1. The zero-order valence-electron chi connectivity index (χ0n) is 10.6. The van der Waals surface area contributed by atoms with E-state index in [2.05, 4.69) is 5.32 Å². The maximum absolute atomic E-state index is 11.6. The highest BCUT2D eigenvalue weighted by molar-refractivity contribution is 7.20. The Labute approximate surface area is 114 Å². The zero-order chi connectivity index (χ0) is 14.0. The highest BCUT2D eigenvalue weighted by Crippen LogP contribution is 2.28. The van der Waals surface area contributed by atoms with Crippen LogP contribution in [0.2, 0.25) is 0 Å². The van der Waals surface area contributed by atoms with Gasteiger partial charge in [-0.05, 0) is 23.6 Å². The van der Waals surface area contributed by atoms with Crippen molar-refractivity contribution in [2.75, 3.05) is 5.32 Å². The van der Waals surface area contributed by atoms with Crippen LogP contribution in [0.1, 0.15) is 23.5 Å². The van der Waals surface area contributed by atoms with Crippen molar-refractivity contribution < 1.29 is 14.8 Å². The topological polar surface area (TPSA) is 78.4 Å². The summed E-state index contributed by atoms with van der Waals surface area (Å²) in [6.45, 7) is 3.64. The van der Waals surface area contributed by atoms with Gasteiger partial charge in [-0.15, -0.1) is 11.3 Å². The van der Waals surface area contributed by atoms with E-state index in [1.54, 1.807) is 17.6 Å². The van der Waals surface area contributed by atoms with E-state index in [0.29, 0.717) is 10.6 Å². The van der Waals surface area contributed by atoms with E-state index in [0.717, 1.165) is 10.1 Å². The molecule has 0 spiro atoms. The van der Waals surface area contributed by atoms with Crippen LogP contribution in [0.15, 0.2) is 24.3 Å². The van der Waals surface area contributed by atoms with Gasteiger partial charge in [0.2, 0.25) is 5.91 Å². The second-order valence-electron chi connectivity index (χ2n) is 4.45. The predicted molar refractivity (Wildman–Crippen MR) is 74.5 cm³/mol. The second-order valence-corrected chi connectivity index (χ2v) is 5.53. The number of amides is 2. The van der Waals surface area contributed by atoms with E-state index in [9.17, 15) is 9.59 Å². The summed E-state index contributed by atoms with van der Waals surface area (Å²) in [7, 11) is 0. The van der Waals surface area contributed by atoms with Gasteiger partial charge in [0.25, 0.3) is 5.91 Å². The van der Waals surface area contributed by atoms with Gasteiger partial charge in [0.15, 0.2) is 0 Å². The molecule has 0 aliphatic rings. The van der Waals surface area contributed by atoms with Crippen LogP contribution >= 0.6 is 11.3 Å². The molecule has 2 rings (SSSR count). The molecule has 0 aliphatic carbocycles. The standard InChI is InChI=1S/C13H14N2O3S/c1-7(2)12(16)14-9-4-3-8-5-11(13(17)15-18)19-10(8)6-9/h3-7,18H,1-2H3,(H,14,16)(H,15,17). The average Bonchev–Trinajstić information content (AvgIpc) is 2.80. The lowest BCUT2D eigenvalue weighted by molar-refractivity contribution is -0.118. The molecule has 1 aromatic carbocycles. The molecule has 0 fully saturated rings. The van der Waals surface area contributed by atoms with Crippen molar-refractivity contribution in [2.45, 2.75) is 13.8 Å². The number of fused-ring (bicyclic) bond motifs is 1. The Balaban J connectivity index is 2.30. The molecule has 0 atom stereocenters. The maximum atomic E-state index is 11.6. The van der Waals surface area contributed by atoms with E-state index in [4.69, 9.17) is 5.21 Å². The number of nitrogens with one attached hydrogen (secondary N) is 2. The molecule has 100 valence electrons. The molecule has 0 bridgehead atoms. The lowest BCUT2D eigenvalue weighted by Gasteiger charge is -2.07. The molecular formula is C13H14N2O3S. The number of hydrogen-bond acceptors (Lipinski definition) is 4. The molecule has 0 radical (unpaired) electrons. The second kappa shape index (κ2) is 5.38. The Morgan fingerprint density at radius 3 is 2.63 bits per heavy atom. The molecular weight excluding hydrogens is 264 g/mol. The minimum Gasteiger partial charge on any atom is -0.326 e. The fraction of sp³-hybridized carbons (Fsp3) is 0.231. The minimum atomic E-state index is -0.533. The van der Waals surface area contributed by atoms with E-state index < -0.39 is 5.91 Å². The molecule has 0 unspecified atom stereocenters. The van der Waals surface area contributed by atoms with Crippen LogP contribution < -0.4 is 10.8 Å². The van der Waals surface area contributed by atoms with E-state index in [1.165, 1.54) is 11.3 Å². The highest BCUT2D eigenvalue weighted by Gasteiger charge is 2.11. The first-order valence-electron chi connectivity index (χ1n) is 5.80. The van der Waals surface area contributed by atoms with Crippen LogP contribution in [-0.4, -0.2) is 17.0 Å². The molecule has 0 saturated heterocycles. The third kappa shape index (κ3) is 2.91. The molecule has 0 saturated carbocycles. The third-order valence-corrected chi connectivity index (χ3v) is 3.73. The molecule has 6 heteroatoms. The summed E-state index contributed by atoms with van der Waals surface area (Å²) >= 11 is 1.26. The fourth-order valence-corrected chi connectivity index (χ4v) is 2.55. The average molecular weight is 278 g/mol. The summed E-state index contributed by atoms with van der Waals surface area (Å²) in [5.74, 6) is -0.673. The van der Waals surface area contributed by atoms with Crippen LogP contribution in [0.25, 0.3) is 10.1 Å². The van der Waals surface area contributed by atoms with Gasteiger partial charge in [-0.2, -0.15) is 0 Å². The summed E-state index contributed by atoms with van der Waals surface area (Å²) in [5, 5.41) is 12.3. The molecule has 5 nitrogen and oxygen atoms in total. The number of hydrogen-bond donors (Lipinski definition) is 3. The predicted octanol–water partition coefficient (Wildman–Crippen LogP) is 2.61. The smallest absolute Gasteiger partial charge is 0.284 e. The van der Waals surface area contributed by atoms with E-state index >= 15 is 0 Å². The van der Waals surface area contributed by atoms with Gasteiger partial charge in [-0.25, -0.2) is 5.48 Å². The highest BCUT2D eigenvalue weighted by atomic mass is 32.1. The van der Waals surface area contributed by atoms with E-state index in [1.807, 2.05) is 26.0 Å². The van der Waals surface area contributed by atoms with Gasteiger partial charge in [0.1, 0.15) is 0 Å². The van der Waals surface area contributed by atoms with Gasteiger partial charge >= 0.3 is 0 Å². The van der Waals surface area contributed by atoms with Gasteiger partial charge in [0, 0.05) is 16.3 Å². The van der Waals surface area contributed by atoms with Crippen LogP contribution in [-0.2, 0) is 4.79 Å². The molecule has 19 heavy (non-hydrogen) atoms. The van der Waals surface area contributed by atoms with Crippen molar-refractivity contribution in [3.63, 3.8) is 0 Å². The van der Waals surface area contributed by atoms with Crippen molar-refractivity contribution >= 4 is 38.9 Å². The molecule has 0 aliphatic heterocycles. The summed E-state index contributed by atoms with van der Waals surface area (Å²) in [6.07, 6.45) is 0. The molecule has 1 aromatic heterocycles. The number of carbonyl (C=O) groups is 2. The van der Waals surface area contributed by atoms with Crippen molar-refractivity contribution in [3.05, 3.63) is 29.1 Å². The Hall–Kier alpha value is -1.92. The molecule has 2 amide bonds. The summed E-state index contributed by atoms with van der Waals surface area (Å²) in [4.78, 5) is 23.3. The minimum absolute atomic E-state index is 0.0516. The first kappa shape index (κ1) is 13.5. The van der Waals surface area contributed by atoms with Gasteiger partial charge in [-0.1, -0.05) is 19.9 Å². The lowest BCUT2D eigenvalue weighted by Crippen LogP contribution is -2.17.